The lowest BCUT2D eigenvalue weighted by atomic mass is 10.00. The monoisotopic (exact) mass is 306 g/mol. The Hall–Kier alpha value is -0.250. The molecule has 2 fully saturated rings. The number of benzene rings is 1. The van der Waals surface area contributed by atoms with Crippen molar-refractivity contribution in [2.24, 2.45) is 0 Å². The van der Waals surface area contributed by atoms with Gasteiger partial charge in [-0.25, -0.2) is 0 Å². The molecule has 100 valence electrons. The van der Waals surface area contributed by atoms with Crippen molar-refractivity contribution in [1.82, 2.24) is 0 Å². The van der Waals surface area contributed by atoms with E-state index in [9.17, 15) is 0 Å². The molecule has 0 spiro atoms. The molecule has 1 aromatic carbocycles. The van der Waals surface area contributed by atoms with Gasteiger partial charge in [0.1, 0.15) is 0 Å². The molecule has 0 aromatic heterocycles. The lowest BCUT2D eigenvalue weighted by Gasteiger charge is -2.21. The molecule has 1 aliphatic carbocycles. The average Bonchev–Trinajstić information content (AvgIpc) is 2.90. The summed E-state index contributed by atoms with van der Waals surface area (Å²) in [5.41, 5.74) is 2.49. The molecule has 3 rings (SSSR count). The van der Waals surface area contributed by atoms with E-state index in [0.29, 0.717) is 0 Å². The molecule has 0 bridgehead atoms. The summed E-state index contributed by atoms with van der Waals surface area (Å²) in [5, 5.41) is 1.67. The molecule has 0 N–H and O–H groups in total. The summed E-state index contributed by atoms with van der Waals surface area (Å²) >= 11 is 9.82. The smallest absolute Gasteiger partial charge is 0.0495 e. The van der Waals surface area contributed by atoms with Crippen LogP contribution in [0, 0.1) is 0 Å². The second kappa shape index (κ2) is 6.02. The summed E-state index contributed by atoms with van der Waals surface area (Å²) in [4.78, 5) is 1.02. The number of rotatable bonds is 2. The van der Waals surface area contributed by atoms with Gasteiger partial charge < -0.3 is 0 Å². The summed E-state index contributed by atoms with van der Waals surface area (Å²) in [5.74, 6) is 0. The summed E-state index contributed by atoms with van der Waals surface area (Å²) < 4.78 is 1.48. The SMILES string of the molecule is CC(C(=S)c1ccccc1)=C1S[C@H]2CCCC[C@H]2S1. The molecule has 0 nitrogen and oxygen atoms in total. The highest BCUT2D eigenvalue weighted by molar-refractivity contribution is 8.26. The topological polar surface area (TPSA) is 0 Å². The fourth-order valence-corrected chi connectivity index (χ4v) is 6.63. The Kier molecular flexibility index (Phi) is 4.35. The van der Waals surface area contributed by atoms with Crippen molar-refractivity contribution in [2.45, 2.75) is 43.1 Å². The summed E-state index contributed by atoms with van der Waals surface area (Å²) in [6, 6.07) is 10.4. The van der Waals surface area contributed by atoms with Crippen LogP contribution in [0.25, 0.3) is 0 Å². The van der Waals surface area contributed by atoms with Gasteiger partial charge in [0.15, 0.2) is 0 Å². The standard InChI is InChI=1S/C16H18S3/c1-11(15(17)12-7-3-2-4-8-12)16-18-13-9-5-6-10-14(13)19-16/h2-4,7-8,13-14H,5-6,9-10H2,1H3/t13-,14+. The molecule has 2 atom stereocenters. The Morgan fingerprint density at radius 1 is 1.05 bits per heavy atom. The third kappa shape index (κ3) is 2.93. The van der Waals surface area contributed by atoms with Gasteiger partial charge in [-0.1, -0.05) is 55.4 Å². The first-order valence-corrected chi connectivity index (χ1v) is 9.06. The molecule has 0 unspecified atom stereocenters. The van der Waals surface area contributed by atoms with Crippen LogP contribution in [-0.2, 0) is 0 Å². The van der Waals surface area contributed by atoms with Crippen molar-refractivity contribution >= 4 is 40.6 Å². The molecule has 3 heteroatoms. The fraction of sp³-hybridized carbons (Fsp3) is 0.438. The highest BCUT2D eigenvalue weighted by atomic mass is 32.2. The first-order valence-electron chi connectivity index (χ1n) is 6.89. The van der Waals surface area contributed by atoms with Crippen molar-refractivity contribution < 1.29 is 0 Å². The molecule has 2 aliphatic rings. The van der Waals surface area contributed by atoms with Gasteiger partial charge in [-0.2, -0.15) is 0 Å². The zero-order chi connectivity index (χ0) is 13.2. The van der Waals surface area contributed by atoms with Crippen LogP contribution in [0.3, 0.4) is 0 Å². The van der Waals surface area contributed by atoms with Crippen LogP contribution in [0.15, 0.2) is 40.1 Å². The molecule has 0 amide bonds. The van der Waals surface area contributed by atoms with Gasteiger partial charge in [0.25, 0.3) is 0 Å². The molecule has 19 heavy (non-hydrogen) atoms. The number of hydrogen-bond donors (Lipinski definition) is 0. The Balaban J connectivity index is 1.81. The molecule has 0 radical (unpaired) electrons. The molecular formula is C16H18S3. The van der Waals surface area contributed by atoms with Crippen LogP contribution >= 0.6 is 35.7 Å². The van der Waals surface area contributed by atoms with Crippen LogP contribution < -0.4 is 0 Å². The lowest BCUT2D eigenvalue weighted by molar-refractivity contribution is 0.532. The Morgan fingerprint density at radius 3 is 2.21 bits per heavy atom. The quantitative estimate of drug-likeness (QED) is 0.406. The predicted molar refractivity (Wildman–Crippen MR) is 92.1 cm³/mol. The van der Waals surface area contributed by atoms with E-state index in [1.54, 1.807) is 0 Å². The van der Waals surface area contributed by atoms with E-state index in [2.05, 4.69) is 54.7 Å². The van der Waals surface area contributed by atoms with Gasteiger partial charge in [-0.15, -0.1) is 23.5 Å². The van der Waals surface area contributed by atoms with Gasteiger partial charge in [-0.05, 0) is 30.9 Å². The number of allylic oxidation sites excluding steroid dienone is 1. The van der Waals surface area contributed by atoms with Gasteiger partial charge in [0, 0.05) is 19.6 Å². The second-order valence-electron chi connectivity index (χ2n) is 5.20. The maximum absolute atomic E-state index is 5.66. The van der Waals surface area contributed by atoms with Crippen LogP contribution in [0.1, 0.15) is 38.2 Å². The molecule has 1 aromatic rings. The minimum atomic E-state index is 0.835. The minimum Gasteiger partial charge on any atom is -0.114 e. The summed E-state index contributed by atoms with van der Waals surface area (Å²) in [6.45, 7) is 2.20. The maximum atomic E-state index is 5.66. The van der Waals surface area contributed by atoms with E-state index >= 15 is 0 Å². The highest BCUT2D eigenvalue weighted by Gasteiger charge is 2.35. The Labute approximate surface area is 129 Å². The van der Waals surface area contributed by atoms with Crippen LogP contribution in [0.4, 0.5) is 0 Å². The van der Waals surface area contributed by atoms with E-state index in [1.165, 1.54) is 41.1 Å². The zero-order valence-corrected chi connectivity index (χ0v) is 13.5. The number of fused-ring (bicyclic) bond motifs is 1. The van der Waals surface area contributed by atoms with Crippen molar-refractivity contribution in [3.8, 4) is 0 Å². The lowest BCUT2D eigenvalue weighted by Crippen LogP contribution is -2.19. The van der Waals surface area contributed by atoms with Crippen LogP contribution in [-0.4, -0.2) is 15.4 Å². The number of thioether (sulfide) groups is 2. The first kappa shape index (κ1) is 13.7. The van der Waals surface area contributed by atoms with Gasteiger partial charge in [-0.3, -0.25) is 0 Å². The highest BCUT2D eigenvalue weighted by Crippen LogP contribution is 2.53. The Morgan fingerprint density at radius 2 is 1.63 bits per heavy atom. The summed E-state index contributed by atoms with van der Waals surface area (Å²) in [6.07, 6.45) is 5.59. The Bertz CT molecular complexity index is 488. The van der Waals surface area contributed by atoms with E-state index in [4.69, 9.17) is 12.2 Å². The van der Waals surface area contributed by atoms with E-state index < -0.39 is 0 Å². The average molecular weight is 307 g/mol. The largest absolute Gasteiger partial charge is 0.114 e. The van der Waals surface area contributed by atoms with Crippen LogP contribution in [0.5, 0.6) is 0 Å². The van der Waals surface area contributed by atoms with Crippen molar-refractivity contribution in [1.29, 1.82) is 0 Å². The van der Waals surface area contributed by atoms with E-state index in [1.807, 2.05) is 6.07 Å². The number of thiocarbonyl (C=S) groups is 1. The zero-order valence-electron chi connectivity index (χ0n) is 11.1. The summed E-state index contributed by atoms with van der Waals surface area (Å²) in [7, 11) is 0. The first-order chi connectivity index (χ1) is 9.25. The minimum absolute atomic E-state index is 0.835. The fourth-order valence-electron chi connectivity index (χ4n) is 2.71. The molecule has 1 saturated carbocycles. The third-order valence-corrected chi connectivity index (χ3v) is 7.91. The molecule has 1 aliphatic heterocycles. The second-order valence-corrected chi connectivity index (χ2v) is 8.37. The predicted octanol–water partition coefficient (Wildman–Crippen LogP) is 5.43. The van der Waals surface area contributed by atoms with Crippen molar-refractivity contribution in [3.05, 3.63) is 45.7 Å². The van der Waals surface area contributed by atoms with Gasteiger partial charge in [0.2, 0.25) is 0 Å². The molecule has 1 saturated heterocycles. The van der Waals surface area contributed by atoms with Crippen LogP contribution in [0.2, 0.25) is 0 Å². The van der Waals surface area contributed by atoms with Gasteiger partial charge in [0.05, 0.1) is 0 Å². The van der Waals surface area contributed by atoms with Crippen molar-refractivity contribution in [2.75, 3.05) is 0 Å². The van der Waals surface area contributed by atoms with Crippen molar-refractivity contribution in [3.63, 3.8) is 0 Å². The maximum Gasteiger partial charge on any atom is 0.0495 e. The third-order valence-electron chi connectivity index (χ3n) is 3.84. The van der Waals surface area contributed by atoms with E-state index in [-0.39, 0.29) is 0 Å². The molecule has 1 heterocycles. The van der Waals surface area contributed by atoms with E-state index in [0.717, 1.165) is 15.4 Å². The van der Waals surface area contributed by atoms with Gasteiger partial charge >= 0.3 is 0 Å². The normalized spacial score (nSPS) is 28.9. The molecular weight excluding hydrogens is 288 g/mol. The number of hydrogen-bond acceptors (Lipinski definition) is 3.